The second kappa shape index (κ2) is 8.74. The number of aliphatic hydroxyl groups is 1. The van der Waals surface area contributed by atoms with Crippen molar-refractivity contribution in [2.45, 2.75) is 31.7 Å². The van der Waals surface area contributed by atoms with Crippen molar-refractivity contribution in [2.75, 3.05) is 10.6 Å². The zero-order chi connectivity index (χ0) is 24.7. The molecule has 0 aromatic carbocycles. The maximum absolute atomic E-state index is 12.4. The first-order chi connectivity index (χ1) is 16.8. The molecule has 3 atom stereocenters. The molecule has 4 N–H and O–H groups in total. The van der Waals surface area contributed by atoms with E-state index in [1.165, 1.54) is 12.3 Å². The van der Waals surface area contributed by atoms with Gasteiger partial charge in [0.25, 0.3) is 0 Å². The van der Waals surface area contributed by atoms with E-state index in [1.54, 1.807) is 37.4 Å². The zero-order valence-electron chi connectivity index (χ0n) is 19.0. The number of nitrogens with zero attached hydrogens (tertiary/aromatic N) is 2. The number of urea groups is 1. The van der Waals surface area contributed by atoms with Crippen LogP contribution in [0.25, 0.3) is 0 Å². The Balaban J connectivity index is 1.18. The molecule has 35 heavy (non-hydrogen) atoms. The fourth-order valence-electron chi connectivity index (χ4n) is 4.54. The average Bonchev–Trinajstić information content (AvgIpc) is 3.67. The molecule has 0 radical (unpaired) electrons. The van der Waals surface area contributed by atoms with Crippen molar-refractivity contribution in [3.8, 4) is 5.75 Å². The van der Waals surface area contributed by atoms with Crippen molar-refractivity contribution in [1.82, 2.24) is 15.3 Å². The fraction of sp³-hybridized carbons (Fsp3) is 0.280. The van der Waals surface area contributed by atoms with Gasteiger partial charge < -0.3 is 20.5 Å². The van der Waals surface area contributed by atoms with Gasteiger partial charge in [0, 0.05) is 35.3 Å². The summed E-state index contributed by atoms with van der Waals surface area (Å²) in [5, 5.41) is 19.4. The van der Waals surface area contributed by atoms with Crippen LogP contribution in [0.3, 0.4) is 0 Å². The summed E-state index contributed by atoms with van der Waals surface area (Å²) in [7, 11) is 0. The van der Waals surface area contributed by atoms with Gasteiger partial charge in [-0.3, -0.25) is 10.1 Å². The fourth-order valence-corrected chi connectivity index (χ4v) is 4.70. The lowest BCUT2D eigenvalue weighted by atomic mass is 10.0. The van der Waals surface area contributed by atoms with Gasteiger partial charge in [-0.1, -0.05) is 18.2 Å². The monoisotopic (exact) mass is 493 g/mol. The first-order valence-electron chi connectivity index (χ1n) is 11.2. The highest BCUT2D eigenvalue weighted by molar-refractivity contribution is 6.30. The summed E-state index contributed by atoms with van der Waals surface area (Å²) in [4.78, 5) is 32.2. The van der Waals surface area contributed by atoms with E-state index in [2.05, 4.69) is 32.5 Å². The van der Waals surface area contributed by atoms with E-state index in [-0.39, 0.29) is 35.1 Å². The summed E-state index contributed by atoms with van der Waals surface area (Å²) < 4.78 is 5.93. The number of hydrogen-bond donors (Lipinski definition) is 4. The summed E-state index contributed by atoms with van der Waals surface area (Å²) in [5.74, 6) is 2.24. The molecule has 3 heterocycles. The number of halogens is 1. The number of rotatable bonds is 7. The van der Waals surface area contributed by atoms with Gasteiger partial charge in [0.2, 0.25) is 5.91 Å². The Bertz CT molecular complexity index is 1310. The Labute approximate surface area is 206 Å². The zero-order valence-corrected chi connectivity index (χ0v) is 19.7. The Morgan fingerprint density at radius 3 is 2.89 bits per heavy atom. The summed E-state index contributed by atoms with van der Waals surface area (Å²) >= 11 is 5.93. The third-order valence-electron chi connectivity index (χ3n) is 6.54. The minimum Gasteiger partial charge on any atom is -0.508 e. The van der Waals surface area contributed by atoms with E-state index in [1.807, 2.05) is 0 Å². The van der Waals surface area contributed by atoms with Crippen LogP contribution < -0.4 is 20.7 Å². The van der Waals surface area contributed by atoms with Gasteiger partial charge in [0.1, 0.15) is 28.9 Å². The quantitative estimate of drug-likeness (QED) is 0.332. The van der Waals surface area contributed by atoms with Crippen LogP contribution in [0.2, 0.25) is 5.02 Å². The second-order valence-corrected chi connectivity index (χ2v) is 9.34. The molecule has 180 valence electrons. The number of aromatic nitrogens is 2. The van der Waals surface area contributed by atoms with Gasteiger partial charge in [-0.15, -0.1) is 0 Å². The van der Waals surface area contributed by atoms with Gasteiger partial charge in [-0.05, 0) is 61.6 Å². The van der Waals surface area contributed by atoms with E-state index in [4.69, 9.17) is 16.3 Å². The van der Waals surface area contributed by atoms with E-state index in [0.717, 1.165) is 12.0 Å². The van der Waals surface area contributed by atoms with Gasteiger partial charge in [-0.2, -0.15) is 0 Å². The van der Waals surface area contributed by atoms with Gasteiger partial charge >= 0.3 is 6.03 Å². The number of allylic oxidation sites excluding steroid dienone is 4. The van der Waals surface area contributed by atoms with Crippen molar-refractivity contribution in [1.29, 1.82) is 0 Å². The van der Waals surface area contributed by atoms with E-state index in [9.17, 15) is 14.7 Å². The molecule has 10 heteroatoms. The number of hydrogen-bond acceptors (Lipinski definition) is 6. The van der Waals surface area contributed by atoms with E-state index < -0.39 is 0 Å². The smallest absolute Gasteiger partial charge is 0.320 e. The lowest BCUT2D eigenvalue weighted by Crippen LogP contribution is -2.37. The lowest BCUT2D eigenvalue weighted by molar-refractivity contribution is -0.116. The Morgan fingerprint density at radius 2 is 2.11 bits per heavy atom. The maximum Gasteiger partial charge on any atom is 0.320 e. The molecule has 2 aromatic rings. The highest BCUT2D eigenvalue weighted by atomic mass is 35.5. The first-order valence-corrected chi connectivity index (χ1v) is 11.6. The molecule has 3 aliphatic rings. The molecule has 2 aliphatic carbocycles. The summed E-state index contributed by atoms with van der Waals surface area (Å²) in [5.41, 5.74) is 1.03. The highest BCUT2D eigenvalue weighted by Gasteiger charge is 2.80. The summed E-state index contributed by atoms with van der Waals surface area (Å²) in [6, 6.07) is 4.56. The number of ether oxygens (including phenoxy) is 1. The number of amides is 3. The number of carbonyl (C=O) groups is 2. The second-order valence-electron chi connectivity index (χ2n) is 8.91. The highest BCUT2D eigenvalue weighted by Crippen LogP contribution is 2.74. The molecule has 0 spiro atoms. The minimum absolute atomic E-state index is 0.0257. The number of pyridine rings is 2. The molecule has 1 aliphatic heterocycles. The number of fused-ring (bicyclic) bond motifs is 2. The number of anilines is 2. The normalized spacial score (nSPS) is 24.5. The molecule has 0 saturated heterocycles. The van der Waals surface area contributed by atoms with Crippen molar-refractivity contribution in [2.24, 2.45) is 11.8 Å². The molecular weight excluding hydrogens is 470 g/mol. The third kappa shape index (κ3) is 4.59. The van der Waals surface area contributed by atoms with Crippen molar-refractivity contribution in [3.05, 3.63) is 77.0 Å². The van der Waals surface area contributed by atoms with Crippen LogP contribution in [-0.4, -0.2) is 32.6 Å². The third-order valence-corrected chi connectivity index (χ3v) is 6.78. The van der Waals surface area contributed by atoms with E-state index in [0.29, 0.717) is 46.6 Å². The van der Waals surface area contributed by atoms with Gasteiger partial charge in [-0.25, -0.2) is 14.8 Å². The molecular formula is C25H24ClN5O4. The van der Waals surface area contributed by atoms with Crippen molar-refractivity contribution < 1.29 is 19.4 Å². The molecule has 0 bridgehead atoms. The number of carbonyl (C=O) groups excluding carboxylic acids is 2. The maximum atomic E-state index is 12.4. The topological polar surface area (TPSA) is 125 Å². The standard InChI is InChI=1S/C25H24ClN5O4/c1-13(35-19-8-10-28-23-16(19)4-6-21(33)30-23)3-5-18(32)14(2)22-17-12-25(17,22)31-24(34)29-20-11-15(26)7-9-27-20/h3,5,7-11,17,22,32H,2,4,6,12H2,1H3,(H,28,30,33)(H2,27,29,31,34)/b13-3+,18-5+/t17-,22+,25-/m0/s1. The first kappa shape index (κ1) is 22.9. The molecule has 3 amide bonds. The van der Waals surface area contributed by atoms with Crippen LogP contribution in [0.1, 0.15) is 25.3 Å². The van der Waals surface area contributed by atoms with Crippen molar-refractivity contribution in [3.63, 3.8) is 0 Å². The van der Waals surface area contributed by atoms with Gasteiger partial charge in [0.05, 0.1) is 5.54 Å². The molecule has 2 fully saturated rings. The molecule has 0 unspecified atom stereocenters. The molecule has 2 saturated carbocycles. The predicted octanol–water partition coefficient (Wildman–Crippen LogP) is 4.51. The van der Waals surface area contributed by atoms with Crippen LogP contribution in [0.4, 0.5) is 16.4 Å². The molecule has 5 rings (SSSR count). The number of nitrogens with one attached hydrogen (secondary N) is 3. The average molecular weight is 494 g/mol. The Morgan fingerprint density at radius 1 is 1.31 bits per heavy atom. The van der Waals surface area contributed by atoms with E-state index >= 15 is 0 Å². The number of aliphatic hydroxyl groups excluding tert-OH is 1. The summed E-state index contributed by atoms with van der Waals surface area (Å²) in [6.07, 6.45) is 8.05. The van der Waals surface area contributed by atoms with Crippen LogP contribution in [0.15, 0.2) is 66.4 Å². The van der Waals surface area contributed by atoms with Gasteiger partial charge in [0.15, 0.2) is 0 Å². The van der Waals surface area contributed by atoms with Crippen molar-refractivity contribution >= 4 is 35.2 Å². The minimum atomic E-state index is -0.378. The van der Waals surface area contributed by atoms with Crippen LogP contribution in [0, 0.1) is 11.8 Å². The lowest BCUT2D eigenvalue weighted by Gasteiger charge is -2.18. The largest absolute Gasteiger partial charge is 0.508 e. The molecule has 9 nitrogen and oxygen atoms in total. The van der Waals surface area contributed by atoms with Crippen LogP contribution in [0.5, 0.6) is 5.75 Å². The van der Waals surface area contributed by atoms with Crippen LogP contribution >= 0.6 is 11.6 Å². The van der Waals surface area contributed by atoms with Crippen LogP contribution in [-0.2, 0) is 11.2 Å². The SMILES string of the molecule is C=C(/C(O)=C\C=C(/C)Oc1ccnc2c1CCC(=O)N2)[C@@H]1[C@@H]2C[C@@]12NC(=O)Nc1cc(Cl)ccn1. The Hall–Kier alpha value is -3.85. The predicted molar refractivity (Wildman–Crippen MR) is 131 cm³/mol. The Kier molecular flexibility index (Phi) is 5.72. The summed E-state index contributed by atoms with van der Waals surface area (Å²) in [6.45, 7) is 5.80. The molecule has 2 aromatic heterocycles.